The molecule has 0 aliphatic carbocycles. The number of aliphatic hydroxyl groups excluding tert-OH is 1. The molecule has 23 heteroatoms. The SMILES string of the molecule is CC(=O)NC1[C@H](C)OC2COC(C)(C)O[C@@H]2[C@@H]1O[C@@H]1OC(C)[C@H](OCc2ccccc2)[C@@H](O[C@@H]2OC(C)[C@H](OCc3ccccc3)[C@@H](OCc3ccccc3)C2O[C@@H]2OC(C)[C@H](OCc3ccccc3)[C@@H](O[C@H]3O[C@H](COCc4ccccc4)[C@@H](OCc4ccccc4)C(OCc4ccccc4)C3C)C2O)C1OC(C)=O. The molecule has 0 aromatic heterocycles. The Morgan fingerprint density at radius 1 is 0.396 bits per heavy atom. The zero-order valence-electron chi connectivity index (χ0n) is 64.5. The lowest BCUT2D eigenvalue weighted by atomic mass is 9.91. The maximum absolute atomic E-state index is 14.0. The van der Waals surface area contributed by atoms with Gasteiger partial charge in [0, 0.05) is 19.8 Å². The maximum atomic E-state index is 14.0. The van der Waals surface area contributed by atoms with E-state index in [1.807, 2.05) is 247 Å². The fraction of sp³-hybridized carbons (Fsp3) is 0.500. The summed E-state index contributed by atoms with van der Waals surface area (Å²) in [5.74, 6) is -2.73. The number of benzene rings is 7. The number of hydrogen-bond donors (Lipinski definition) is 2. The Kier molecular flexibility index (Phi) is 28.8. The highest BCUT2D eigenvalue weighted by Crippen LogP contribution is 2.43. The Morgan fingerprint density at radius 2 is 0.766 bits per heavy atom. The summed E-state index contributed by atoms with van der Waals surface area (Å²) in [6, 6.07) is 67.7. The summed E-state index contributed by atoms with van der Waals surface area (Å²) in [7, 11) is 0. The van der Waals surface area contributed by atoms with Crippen molar-refractivity contribution in [3.8, 4) is 0 Å². The van der Waals surface area contributed by atoms with E-state index in [9.17, 15) is 14.7 Å². The molecule has 7 aromatic rings. The first kappa shape index (κ1) is 81.7. The first-order valence-corrected chi connectivity index (χ1v) is 38.8. The predicted octanol–water partition coefficient (Wildman–Crippen LogP) is 11.6. The van der Waals surface area contributed by atoms with E-state index in [0.717, 1.165) is 38.9 Å². The summed E-state index contributed by atoms with van der Waals surface area (Å²) in [5, 5.41) is 16.8. The van der Waals surface area contributed by atoms with Gasteiger partial charge >= 0.3 is 5.97 Å². The molecule has 23 nitrogen and oxygen atoms in total. The number of rotatable bonds is 32. The van der Waals surface area contributed by atoms with Crippen molar-refractivity contribution in [3.63, 3.8) is 0 Å². The Bertz CT molecular complexity index is 3920. The Balaban J connectivity index is 0.889. The molecular formula is C88H107NO22. The van der Waals surface area contributed by atoms with Crippen molar-refractivity contribution < 1.29 is 105 Å². The van der Waals surface area contributed by atoms with Crippen molar-refractivity contribution in [2.24, 2.45) is 5.92 Å². The van der Waals surface area contributed by atoms with E-state index >= 15 is 0 Å². The minimum absolute atomic E-state index is 0.0481. The molecule has 6 fully saturated rings. The van der Waals surface area contributed by atoms with E-state index in [0.29, 0.717) is 0 Å². The fourth-order valence-corrected chi connectivity index (χ4v) is 15.4. The van der Waals surface area contributed by atoms with Crippen LogP contribution < -0.4 is 5.32 Å². The van der Waals surface area contributed by atoms with Gasteiger partial charge in [-0.05, 0) is 80.5 Å². The Hall–Kier alpha value is -7.28. The first-order chi connectivity index (χ1) is 53.9. The second kappa shape index (κ2) is 39.2. The number of nitrogens with one attached hydrogen (secondary N) is 1. The van der Waals surface area contributed by atoms with Crippen molar-refractivity contribution in [2.45, 2.75) is 262 Å². The third kappa shape index (κ3) is 21.6. The van der Waals surface area contributed by atoms with Crippen molar-refractivity contribution in [1.82, 2.24) is 5.32 Å². The van der Waals surface area contributed by atoms with E-state index in [2.05, 4.69) is 5.32 Å². The summed E-state index contributed by atoms with van der Waals surface area (Å²) in [6.07, 6.45) is -24.7. The van der Waals surface area contributed by atoms with Gasteiger partial charge in [0.1, 0.15) is 79.4 Å². The number of amides is 1. The van der Waals surface area contributed by atoms with E-state index in [-0.39, 0.29) is 65.4 Å². The third-order valence-electron chi connectivity index (χ3n) is 21.0. The molecule has 1 amide bonds. The molecule has 0 bridgehead atoms. The van der Waals surface area contributed by atoms with Crippen LogP contribution in [0.4, 0.5) is 0 Å². The van der Waals surface area contributed by atoms with Crippen molar-refractivity contribution in [2.75, 3.05) is 13.2 Å². The Morgan fingerprint density at radius 3 is 1.22 bits per heavy atom. The average molecular weight is 1530 g/mol. The number of aliphatic hydroxyl groups is 1. The topological polar surface area (TPSA) is 242 Å². The summed E-state index contributed by atoms with van der Waals surface area (Å²) < 4.78 is 133. The second-order valence-corrected chi connectivity index (χ2v) is 30.0. The third-order valence-corrected chi connectivity index (χ3v) is 21.0. The van der Waals surface area contributed by atoms with Gasteiger partial charge in [0.15, 0.2) is 37.1 Å². The zero-order valence-corrected chi connectivity index (χ0v) is 64.5. The molecule has 13 rings (SSSR count). The van der Waals surface area contributed by atoms with Crippen LogP contribution in [-0.2, 0) is 146 Å². The highest BCUT2D eigenvalue weighted by atomic mass is 16.8. The molecule has 25 atom stereocenters. The van der Waals surface area contributed by atoms with Gasteiger partial charge < -0.3 is 100 Å². The number of carbonyl (C=O) groups is 2. The summed E-state index contributed by atoms with van der Waals surface area (Å²) >= 11 is 0. The van der Waals surface area contributed by atoms with Gasteiger partial charge in [0.05, 0.1) is 96.0 Å². The number of ether oxygens (including phenoxy) is 19. The molecule has 6 aliphatic heterocycles. The van der Waals surface area contributed by atoms with Gasteiger partial charge in [-0.3, -0.25) is 9.59 Å². The Labute approximate surface area is 650 Å². The smallest absolute Gasteiger partial charge is 0.303 e. The first-order valence-electron chi connectivity index (χ1n) is 38.8. The lowest BCUT2D eigenvalue weighted by Gasteiger charge is -2.53. The fourth-order valence-electron chi connectivity index (χ4n) is 15.4. The molecule has 6 aliphatic rings. The largest absolute Gasteiger partial charge is 0.454 e. The summed E-state index contributed by atoms with van der Waals surface area (Å²) in [4.78, 5) is 27.2. The molecule has 6 saturated heterocycles. The normalized spacial score (nSPS) is 33.4. The highest BCUT2D eigenvalue weighted by Gasteiger charge is 2.60. The lowest BCUT2D eigenvalue weighted by molar-refractivity contribution is -0.405. The number of hydrogen-bond acceptors (Lipinski definition) is 22. The van der Waals surface area contributed by atoms with Gasteiger partial charge in [-0.15, -0.1) is 0 Å². The molecule has 596 valence electrons. The number of esters is 1. The van der Waals surface area contributed by atoms with Crippen LogP contribution in [0.5, 0.6) is 0 Å². The zero-order chi connectivity index (χ0) is 77.4. The molecule has 0 saturated carbocycles. The van der Waals surface area contributed by atoms with Crippen molar-refractivity contribution in [3.05, 3.63) is 251 Å². The van der Waals surface area contributed by atoms with Crippen LogP contribution in [0.2, 0.25) is 0 Å². The van der Waals surface area contributed by atoms with Gasteiger partial charge in [0.25, 0.3) is 0 Å². The second-order valence-electron chi connectivity index (χ2n) is 30.0. The highest BCUT2D eigenvalue weighted by molar-refractivity contribution is 5.73. The lowest BCUT2D eigenvalue weighted by Crippen LogP contribution is -2.70. The van der Waals surface area contributed by atoms with Crippen LogP contribution in [-0.4, -0.2) is 183 Å². The standard InChI is InChI=1S/C88H107NO22/c1-54-72(94-46-62-33-19-11-20-34-62)76(98-50-66-41-27-15-28-42-66)68(52-93-45-61-31-17-10-18-32-61)106-84(54)108-79-71(92)85(102-56(3)73(79)95-47-63-35-21-12-22-36-63)110-82-80(99-51-67-43-29-16-30-44-67)74(96-48-64-37-23-13-24-38-64)57(4)103-86(82)109-81-75(97-49-65-39-25-14-26-40-65)58(5)104-87(83(81)105-60(7)91)107-78-70(89-59(6)90)55(2)101-69-53-100-88(8,9)111-77(69)78/h10-44,54-58,68-87,92H,45-53H2,1-9H3,(H,89,90)/t54?,55-,56?,57?,58?,68+,69?,70?,71?,72?,73-,74-,75-,76+,77-,78+,79-,80+,81+,82?,83?,84+,85-,86-,87-/m0/s1. The van der Waals surface area contributed by atoms with E-state index in [1.54, 1.807) is 13.8 Å². The van der Waals surface area contributed by atoms with Crippen molar-refractivity contribution in [1.29, 1.82) is 0 Å². The molecule has 10 unspecified atom stereocenters. The van der Waals surface area contributed by atoms with Crippen LogP contribution in [0.3, 0.4) is 0 Å². The van der Waals surface area contributed by atoms with Gasteiger partial charge in [-0.1, -0.05) is 219 Å². The van der Waals surface area contributed by atoms with Crippen molar-refractivity contribution >= 4 is 11.9 Å². The molecule has 6 heterocycles. The van der Waals surface area contributed by atoms with Gasteiger partial charge in [-0.2, -0.15) is 0 Å². The van der Waals surface area contributed by atoms with Crippen LogP contribution in [0.1, 0.15) is 101 Å². The van der Waals surface area contributed by atoms with E-state index in [1.165, 1.54) is 13.8 Å². The minimum atomic E-state index is -1.68. The summed E-state index contributed by atoms with van der Waals surface area (Å²) in [5.41, 5.74) is 6.27. The number of fused-ring (bicyclic) bond motifs is 1. The number of carbonyl (C=O) groups excluding carboxylic acids is 2. The maximum Gasteiger partial charge on any atom is 0.303 e. The summed E-state index contributed by atoms with van der Waals surface area (Å²) in [6.45, 7) is 16.9. The molecule has 7 aromatic carbocycles. The van der Waals surface area contributed by atoms with Crippen LogP contribution >= 0.6 is 0 Å². The van der Waals surface area contributed by atoms with Crippen LogP contribution in [0, 0.1) is 5.92 Å². The van der Waals surface area contributed by atoms with Gasteiger partial charge in [0.2, 0.25) is 5.91 Å². The average Bonchev–Trinajstić information content (AvgIpc) is 0.767. The molecule has 111 heavy (non-hydrogen) atoms. The van der Waals surface area contributed by atoms with Crippen LogP contribution in [0.15, 0.2) is 212 Å². The predicted molar refractivity (Wildman–Crippen MR) is 405 cm³/mol. The molecular weight excluding hydrogens is 1420 g/mol. The van der Waals surface area contributed by atoms with Gasteiger partial charge in [-0.25, -0.2) is 0 Å². The van der Waals surface area contributed by atoms with E-state index < -0.39 is 165 Å². The van der Waals surface area contributed by atoms with Crippen LogP contribution in [0.25, 0.3) is 0 Å². The monoisotopic (exact) mass is 1530 g/mol. The molecule has 2 N–H and O–H groups in total. The molecule has 0 radical (unpaired) electrons. The quantitative estimate of drug-likeness (QED) is 0.0372. The van der Waals surface area contributed by atoms with E-state index in [4.69, 9.17) is 90.0 Å². The minimum Gasteiger partial charge on any atom is -0.454 e. The molecule has 0 spiro atoms.